The van der Waals surface area contributed by atoms with Crippen molar-refractivity contribution in [2.45, 2.75) is 46.0 Å². The van der Waals surface area contributed by atoms with E-state index in [4.69, 9.17) is 0 Å². The van der Waals surface area contributed by atoms with E-state index < -0.39 is 0 Å². The number of aliphatic hydroxyl groups excluding tert-OH is 1. The van der Waals surface area contributed by atoms with Gasteiger partial charge in [-0.15, -0.1) is 0 Å². The highest BCUT2D eigenvalue weighted by Gasteiger charge is 2.42. The van der Waals surface area contributed by atoms with Crippen LogP contribution in [0.3, 0.4) is 0 Å². The first kappa shape index (κ1) is 11.9. The summed E-state index contributed by atoms with van der Waals surface area (Å²) in [7, 11) is 0. The van der Waals surface area contributed by atoms with Crippen molar-refractivity contribution in [2.75, 3.05) is 6.61 Å². The maximum absolute atomic E-state index is 9.48. The predicted molar refractivity (Wildman–Crippen MR) is 68.2 cm³/mol. The minimum absolute atomic E-state index is 0.253. The van der Waals surface area contributed by atoms with Gasteiger partial charge in [0.05, 0.1) is 6.61 Å². The Morgan fingerprint density at radius 2 is 2.31 bits per heavy atom. The van der Waals surface area contributed by atoms with Gasteiger partial charge in [-0.3, -0.25) is 0 Å². The molecule has 1 nitrogen and oxygen atoms in total. The van der Waals surface area contributed by atoms with Gasteiger partial charge in [-0.05, 0) is 61.9 Å². The van der Waals surface area contributed by atoms with Gasteiger partial charge in [-0.25, -0.2) is 0 Å². The van der Waals surface area contributed by atoms with E-state index in [2.05, 4.69) is 26.5 Å². The van der Waals surface area contributed by atoms with Crippen LogP contribution in [0.1, 0.15) is 46.0 Å². The first-order chi connectivity index (χ1) is 7.57. The molecule has 0 unspecified atom stereocenters. The average Bonchev–Trinajstić information content (AvgIpc) is 2.26. The molecule has 0 aromatic carbocycles. The van der Waals surface area contributed by atoms with Gasteiger partial charge < -0.3 is 5.11 Å². The quantitative estimate of drug-likeness (QED) is 0.704. The zero-order valence-corrected chi connectivity index (χ0v) is 10.6. The lowest BCUT2D eigenvalue weighted by atomic mass is 9.57. The summed E-state index contributed by atoms with van der Waals surface area (Å²) in [5, 5.41) is 9.48. The molecule has 2 aliphatic rings. The van der Waals surface area contributed by atoms with Crippen molar-refractivity contribution >= 4 is 0 Å². The molecule has 1 fully saturated rings. The Hall–Kier alpha value is -0.560. The molecule has 16 heavy (non-hydrogen) atoms. The van der Waals surface area contributed by atoms with Gasteiger partial charge in [0.25, 0.3) is 0 Å². The van der Waals surface area contributed by atoms with Crippen LogP contribution in [-0.4, -0.2) is 11.7 Å². The summed E-state index contributed by atoms with van der Waals surface area (Å²) in [6, 6.07) is 0. The van der Waals surface area contributed by atoms with E-state index >= 15 is 0 Å². The third-order valence-corrected chi connectivity index (χ3v) is 4.87. The lowest BCUT2D eigenvalue weighted by Crippen LogP contribution is -2.38. The molecule has 0 aromatic heterocycles. The van der Waals surface area contributed by atoms with Crippen molar-refractivity contribution in [3.63, 3.8) is 0 Å². The molecule has 0 amide bonds. The smallest absolute Gasteiger partial charge is 0.0644 e. The molecule has 1 saturated carbocycles. The van der Waals surface area contributed by atoms with Gasteiger partial charge in [0, 0.05) is 0 Å². The number of hydrogen-bond acceptors (Lipinski definition) is 1. The lowest BCUT2D eigenvalue weighted by molar-refractivity contribution is 0.0879. The molecule has 0 aromatic rings. The minimum atomic E-state index is 0.253. The molecule has 1 N–H and O–H groups in total. The van der Waals surface area contributed by atoms with Crippen LogP contribution in [0.2, 0.25) is 0 Å². The Morgan fingerprint density at radius 1 is 1.56 bits per heavy atom. The molecule has 1 heteroatoms. The summed E-state index contributed by atoms with van der Waals surface area (Å²) >= 11 is 0. The summed E-state index contributed by atoms with van der Waals surface area (Å²) < 4.78 is 0. The highest BCUT2D eigenvalue weighted by Crippen LogP contribution is 2.52. The lowest BCUT2D eigenvalue weighted by Gasteiger charge is -2.48. The van der Waals surface area contributed by atoms with Crippen LogP contribution < -0.4 is 0 Å². The first-order valence-electron chi connectivity index (χ1n) is 6.52. The molecule has 0 radical (unpaired) electrons. The molecule has 90 valence electrons. The molecule has 0 spiro atoms. The summed E-state index contributed by atoms with van der Waals surface area (Å²) in [6.45, 7) is 8.92. The molecule has 2 aliphatic carbocycles. The number of aliphatic hydroxyl groups is 1. The largest absolute Gasteiger partial charge is 0.392 e. The van der Waals surface area contributed by atoms with Crippen LogP contribution in [0, 0.1) is 17.3 Å². The zero-order valence-electron chi connectivity index (χ0n) is 10.6. The van der Waals surface area contributed by atoms with E-state index in [-0.39, 0.29) is 6.61 Å². The fraction of sp³-hybridized carbons (Fsp3) is 0.733. The van der Waals surface area contributed by atoms with Gasteiger partial charge in [0.15, 0.2) is 0 Å². The highest BCUT2D eigenvalue weighted by molar-refractivity contribution is 5.19. The fourth-order valence-electron chi connectivity index (χ4n) is 3.62. The normalized spacial score (nSPS) is 38.8. The number of rotatable bonds is 2. The van der Waals surface area contributed by atoms with E-state index in [9.17, 15) is 5.11 Å². The summed E-state index contributed by atoms with van der Waals surface area (Å²) in [6.07, 6.45) is 8.52. The zero-order chi connectivity index (χ0) is 11.8. The Bertz CT molecular complexity index is 315. The SMILES string of the molecule is C=C(C)[C@@H]1CC[C@@]2(C)CCC=C(CO)[C@@H]2C1. The monoisotopic (exact) mass is 220 g/mol. The van der Waals surface area contributed by atoms with Crippen molar-refractivity contribution < 1.29 is 5.11 Å². The second-order valence-electron chi connectivity index (χ2n) is 6.00. The van der Waals surface area contributed by atoms with E-state index in [0.717, 1.165) is 6.42 Å². The van der Waals surface area contributed by atoms with Crippen LogP contribution in [-0.2, 0) is 0 Å². The molecule has 0 aliphatic heterocycles. The second kappa shape index (κ2) is 4.37. The Labute approximate surface area is 99.3 Å². The molecular weight excluding hydrogens is 196 g/mol. The highest BCUT2D eigenvalue weighted by atomic mass is 16.3. The standard InChI is InChI=1S/C15H24O/c1-11(2)12-6-8-15(3)7-4-5-13(10-16)14(15)9-12/h5,12,14,16H,1,4,6-10H2,2-3H3/t12-,14+,15-/m1/s1. The van der Waals surface area contributed by atoms with Crippen LogP contribution >= 0.6 is 0 Å². The number of fused-ring (bicyclic) bond motifs is 1. The predicted octanol–water partition coefficient (Wildman–Crippen LogP) is 3.70. The van der Waals surface area contributed by atoms with E-state index in [0.29, 0.717) is 17.3 Å². The van der Waals surface area contributed by atoms with E-state index in [1.54, 1.807) is 0 Å². The van der Waals surface area contributed by atoms with E-state index in [1.807, 2.05) is 0 Å². The van der Waals surface area contributed by atoms with Gasteiger partial charge in [-0.2, -0.15) is 0 Å². The number of allylic oxidation sites excluding steroid dienone is 2. The molecule has 3 atom stereocenters. The Morgan fingerprint density at radius 3 is 2.94 bits per heavy atom. The Balaban J connectivity index is 2.20. The van der Waals surface area contributed by atoms with Crippen LogP contribution in [0.4, 0.5) is 0 Å². The van der Waals surface area contributed by atoms with Crippen molar-refractivity contribution in [3.05, 3.63) is 23.8 Å². The molecule has 0 saturated heterocycles. The molecular formula is C15H24O. The number of hydrogen-bond donors (Lipinski definition) is 1. The van der Waals surface area contributed by atoms with Gasteiger partial charge in [0.1, 0.15) is 0 Å². The topological polar surface area (TPSA) is 20.2 Å². The van der Waals surface area contributed by atoms with Gasteiger partial charge in [0.2, 0.25) is 0 Å². The van der Waals surface area contributed by atoms with Crippen molar-refractivity contribution in [1.29, 1.82) is 0 Å². The minimum Gasteiger partial charge on any atom is -0.392 e. The molecule has 0 bridgehead atoms. The molecule has 2 rings (SSSR count). The summed E-state index contributed by atoms with van der Waals surface area (Å²) in [5.74, 6) is 1.27. The van der Waals surface area contributed by atoms with Crippen molar-refractivity contribution in [2.24, 2.45) is 17.3 Å². The first-order valence-corrected chi connectivity index (χ1v) is 6.52. The maximum atomic E-state index is 9.48. The summed E-state index contributed by atoms with van der Waals surface area (Å²) in [5.41, 5.74) is 3.06. The third kappa shape index (κ3) is 1.98. The van der Waals surface area contributed by atoms with Crippen LogP contribution in [0.5, 0.6) is 0 Å². The Kier molecular flexibility index (Phi) is 3.25. The van der Waals surface area contributed by atoms with Crippen molar-refractivity contribution in [1.82, 2.24) is 0 Å². The fourth-order valence-corrected chi connectivity index (χ4v) is 3.62. The summed E-state index contributed by atoms with van der Waals surface area (Å²) in [4.78, 5) is 0. The average molecular weight is 220 g/mol. The third-order valence-electron chi connectivity index (χ3n) is 4.87. The van der Waals surface area contributed by atoms with E-state index in [1.165, 1.54) is 36.8 Å². The van der Waals surface area contributed by atoms with Crippen LogP contribution in [0.15, 0.2) is 23.8 Å². The second-order valence-corrected chi connectivity index (χ2v) is 6.00. The van der Waals surface area contributed by atoms with Crippen molar-refractivity contribution in [3.8, 4) is 0 Å². The van der Waals surface area contributed by atoms with Gasteiger partial charge >= 0.3 is 0 Å². The van der Waals surface area contributed by atoms with Crippen LogP contribution in [0.25, 0.3) is 0 Å². The van der Waals surface area contributed by atoms with Gasteiger partial charge in [-0.1, -0.05) is 25.2 Å². The maximum Gasteiger partial charge on any atom is 0.0644 e. The molecule has 0 heterocycles.